The highest BCUT2D eigenvalue weighted by atomic mass is 19.4. The molecule has 3 aliphatic rings. The van der Waals surface area contributed by atoms with Gasteiger partial charge in [-0.3, -0.25) is 4.79 Å². The number of alkyl halides is 3. The first-order chi connectivity index (χ1) is 19.5. The Hall–Kier alpha value is -2.66. The molecule has 2 saturated heterocycles. The van der Waals surface area contributed by atoms with E-state index in [9.17, 15) is 27.5 Å². The minimum Gasteiger partial charge on any atom is -0.481 e. The van der Waals surface area contributed by atoms with Crippen LogP contribution in [0.4, 0.5) is 17.6 Å². The number of carboxylic acid groups (broad SMARTS) is 1. The van der Waals surface area contributed by atoms with Crippen molar-refractivity contribution in [1.82, 2.24) is 19.6 Å². The van der Waals surface area contributed by atoms with Crippen molar-refractivity contribution < 1.29 is 32.2 Å². The molecule has 2 aromatic rings. The Morgan fingerprint density at radius 2 is 1.83 bits per heavy atom. The van der Waals surface area contributed by atoms with Crippen LogP contribution in [0.15, 0.2) is 24.3 Å². The third kappa shape index (κ3) is 6.26. The van der Waals surface area contributed by atoms with Gasteiger partial charge in [-0.05, 0) is 68.3 Å². The number of piperidine rings is 1. The molecule has 3 fully saturated rings. The molecule has 1 saturated carbocycles. The van der Waals surface area contributed by atoms with Gasteiger partial charge in [-0.2, -0.15) is 18.3 Å². The van der Waals surface area contributed by atoms with Gasteiger partial charge in [0.05, 0.1) is 12.5 Å². The number of aliphatic carboxylic acids is 1. The number of aryl methyl sites for hydroxylation is 1. The molecular weight excluding hydrogens is 540 g/mol. The predicted octanol–water partition coefficient (Wildman–Crippen LogP) is 5.52. The summed E-state index contributed by atoms with van der Waals surface area (Å²) in [6.45, 7) is 3.86. The molecule has 0 bridgehead atoms. The number of hydrogen-bond donors (Lipinski definition) is 1. The standard InChI is InChI=1S/C30H40F4N4O3/c1-36-27(41-2)25(26(35-36)30(32,33)34)20-9-13-37(14-10-20)16-22-17-38(18-24(22)21-7-6-8-23(31)15-21)19-29(28(39)40)11-4-3-5-12-29/h6-8,15,20,22,24H,3-5,9-14,16-19H2,1-2H3,(H,39,40)/t22-,24-/m1/s1. The summed E-state index contributed by atoms with van der Waals surface area (Å²) in [5, 5.41) is 13.9. The molecule has 11 heteroatoms. The molecule has 2 aliphatic heterocycles. The van der Waals surface area contributed by atoms with Gasteiger partial charge in [0.2, 0.25) is 5.88 Å². The van der Waals surface area contributed by atoms with E-state index in [4.69, 9.17) is 4.74 Å². The van der Waals surface area contributed by atoms with Crippen LogP contribution in [-0.4, -0.2) is 77.0 Å². The van der Waals surface area contributed by atoms with E-state index in [-0.39, 0.29) is 35.0 Å². The van der Waals surface area contributed by atoms with Crippen LogP contribution in [0.5, 0.6) is 5.88 Å². The van der Waals surface area contributed by atoms with Crippen LogP contribution in [0, 0.1) is 17.2 Å². The number of hydrogen-bond acceptors (Lipinski definition) is 5. The Morgan fingerprint density at radius 3 is 2.44 bits per heavy atom. The van der Waals surface area contributed by atoms with E-state index in [1.165, 1.54) is 20.2 Å². The monoisotopic (exact) mass is 580 g/mol. The zero-order chi connectivity index (χ0) is 29.4. The molecule has 1 aromatic carbocycles. The Balaban J connectivity index is 1.30. The zero-order valence-corrected chi connectivity index (χ0v) is 23.8. The molecule has 7 nitrogen and oxygen atoms in total. The number of aromatic nitrogens is 2. The summed E-state index contributed by atoms with van der Waals surface area (Å²) in [5.41, 5.74) is -0.562. The van der Waals surface area contributed by atoms with Gasteiger partial charge >= 0.3 is 12.1 Å². The number of likely N-dealkylation sites (tertiary alicyclic amines) is 2. The second kappa shape index (κ2) is 11.9. The van der Waals surface area contributed by atoms with E-state index in [0.29, 0.717) is 58.4 Å². The van der Waals surface area contributed by atoms with E-state index < -0.39 is 23.3 Å². The molecule has 226 valence electrons. The van der Waals surface area contributed by atoms with E-state index in [1.54, 1.807) is 12.1 Å². The smallest absolute Gasteiger partial charge is 0.435 e. The maximum atomic E-state index is 14.2. The minimum absolute atomic E-state index is 0.0492. The summed E-state index contributed by atoms with van der Waals surface area (Å²) >= 11 is 0. The van der Waals surface area contributed by atoms with Crippen molar-refractivity contribution in [2.45, 2.75) is 63.0 Å². The molecule has 1 N–H and O–H groups in total. The summed E-state index contributed by atoms with van der Waals surface area (Å²) in [6.07, 6.45) is 0.807. The topological polar surface area (TPSA) is 70.8 Å². The maximum absolute atomic E-state index is 14.2. The van der Waals surface area contributed by atoms with Crippen molar-refractivity contribution in [3.63, 3.8) is 0 Å². The Kier molecular flexibility index (Phi) is 8.66. The van der Waals surface area contributed by atoms with Crippen molar-refractivity contribution in [3.05, 3.63) is 46.9 Å². The molecule has 2 atom stereocenters. The van der Waals surface area contributed by atoms with Gasteiger partial charge in [0.15, 0.2) is 5.69 Å². The number of benzene rings is 1. The summed E-state index contributed by atoms with van der Waals surface area (Å²) < 4.78 is 62.1. The van der Waals surface area contributed by atoms with Gasteiger partial charge < -0.3 is 19.6 Å². The van der Waals surface area contributed by atoms with Crippen LogP contribution in [-0.2, 0) is 18.0 Å². The molecule has 0 radical (unpaired) electrons. The molecule has 41 heavy (non-hydrogen) atoms. The number of nitrogens with zero attached hydrogens (tertiary/aromatic N) is 4. The fraction of sp³-hybridized carbons (Fsp3) is 0.667. The largest absolute Gasteiger partial charge is 0.481 e. The lowest BCUT2D eigenvalue weighted by Gasteiger charge is -2.37. The van der Waals surface area contributed by atoms with Crippen LogP contribution >= 0.6 is 0 Å². The normalized spacial score (nSPS) is 24.5. The molecule has 0 spiro atoms. The first-order valence-electron chi connectivity index (χ1n) is 14.6. The van der Waals surface area contributed by atoms with Crippen molar-refractivity contribution >= 4 is 5.97 Å². The van der Waals surface area contributed by atoms with Gasteiger partial charge in [0.1, 0.15) is 5.82 Å². The summed E-state index contributed by atoms with van der Waals surface area (Å²) in [5.74, 6) is -0.972. The summed E-state index contributed by atoms with van der Waals surface area (Å²) in [7, 11) is 2.84. The van der Waals surface area contributed by atoms with Crippen LogP contribution in [0.3, 0.4) is 0 Å². The lowest BCUT2D eigenvalue weighted by atomic mass is 9.73. The first kappa shape index (κ1) is 29.8. The third-order valence-electron chi connectivity index (χ3n) is 9.56. The number of carbonyl (C=O) groups is 1. The van der Waals surface area contributed by atoms with Crippen LogP contribution in [0.2, 0.25) is 0 Å². The fourth-order valence-electron chi connectivity index (χ4n) is 7.57. The highest BCUT2D eigenvalue weighted by Gasteiger charge is 2.45. The third-order valence-corrected chi connectivity index (χ3v) is 9.56. The van der Waals surface area contributed by atoms with E-state index in [0.717, 1.165) is 36.1 Å². The van der Waals surface area contributed by atoms with Gasteiger partial charge in [0.25, 0.3) is 0 Å². The van der Waals surface area contributed by atoms with Gasteiger partial charge in [-0.25, -0.2) is 9.07 Å². The Labute approximate surface area is 238 Å². The van der Waals surface area contributed by atoms with Crippen molar-refractivity contribution in [1.29, 1.82) is 0 Å². The molecular formula is C30H40F4N4O3. The number of ether oxygens (including phenoxy) is 1. The number of halogens is 4. The first-order valence-corrected chi connectivity index (χ1v) is 14.6. The number of carboxylic acids is 1. The predicted molar refractivity (Wildman–Crippen MR) is 145 cm³/mol. The van der Waals surface area contributed by atoms with E-state index in [2.05, 4.69) is 14.9 Å². The van der Waals surface area contributed by atoms with E-state index in [1.807, 2.05) is 6.07 Å². The van der Waals surface area contributed by atoms with Crippen molar-refractivity contribution in [2.75, 3.05) is 46.4 Å². The Bertz CT molecular complexity index is 1220. The SMILES string of the molecule is COc1c(C2CCN(C[C@@H]3CN(CC4(C(=O)O)CCCCC4)C[C@@H]3c3cccc(F)c3)CC2)c(C(F)(F)F)nn1C. The minimum atomic E-state index is -4.56. The fourth-order valence-corrected chi connectivity index (χ4v) is 7.57. The average molecular weight is 581 g/mol. The van der Waals surface area contributed by atoms with Crippen LogP contribution < -0.4 is 4.74 Å². The molecule has 5 rings (SSSR count). The number of methoxy groups -OCH3 is 1. The lowest BCUT2D eigenvalue weighted by Crippen LogP contribution is -2.44. The maximum Gasteiger partial charge on any atom is 0.435 e. The van der Waals surface area contributed by atoms with Crippen LogP contribution in [0.25, 0.3) is 0 Å². The number of rotatable bonds is 8. The highest BCUT2D eigenvalue weighted by Crippen LogP contribution is 2.44. The van der Waals surface area contributed by atoms with Crippen LogP contribution in [0.1, 0.15) is 73.6 Å². The summed E-state index contributed by atoms with van der Waals surface area (Å²) in [6, 6.07) is 6.67. The molecule has 1 aromatic heterocycles. The molecule has 0 unspecified atom stereocenters. The van der Waals surface area contributed by atoms with Crippen molar-refractivity contribution in [3.8, 4) is 5.88 Å². The Morgan fingerprint density at radius 1 is 1.12 bits per heavy atom. The highest BCUT2D eigenvalue weighted by molar-refractivity contribution is 5.75. The summed E-state index contributed by atoms with van der Waals surface area (Å²) in [4.78, 5) is 16.9. The van der Waals surface area contributed by atoms with Gasteiger partial charge in [0, 0.05) is 44.7 Å². The zero-order valence-electron chi connectivity index (χ0n) is 23.8. The average Bonchev–Trinajstić information content (AvgIpc) is 3.49. The van der Waals surface area contributed by atoms with Gasteiger partial charge in [-0.15, -0.1) is 0 Å². The molecule has 3 heterocycles. The van der Waals surface area contributed by atoms with E-state index >= 15 is 0 Å². The van der Waals surface area contributed by atoms with Crippen molar-refractivity contribution in [2.24, 2.45) is 18.4 Å². The molecule has 1 aliphatic carbocycles. The second-order valence-corrected chi connectivity index (χ2v) is 12.2. The molecule has 0 amide bonds. The second-order valence-electron chi connectivity index (χ2n) is 12.2. The quantitative estimate of drug-likeness (QED) is 0.415. The van der Waals surface area contributed by atoms with Gasteiger partial charge in [-0.1, -0.05) is 31.4 Å². The lowest BCUT2D eigenvalue weighted by molar-refractivity contribution is -0.152.